The van der Waals surface area contributed by atoms with Crippen LogP contribution >= 0.6 is 11.3 Å². The number of hydrogen-bond donors (Lipinski definition) is 2. The number of amides is 4. The van der Waals surface area contributed by atoms with Crippen molar-refractivity contribution in [3.05, 3.63) is 59.7 Å². The van der Waals surface area contributed by atoms with Gasteiger partial charge in [-0.15, -0.1) is 0 Å². The van der Waals surface area contributed by atoms with E-state index in [9.17, 15) is 14.4 Å². The molecule has 3 aromatic rings. The van der Waals surface area contributed by atoms with E-state index in [-0.39, 0.29) is 12.5 Å². The molecule has 0 atom stereocenters. The second-order valence-electron chi connectivity index (χ2n) is 9.09. The number of benzene rings is 2. The highest BCUT2D eigenvalue weighted by Crippen LogP contribution is 2.39. The fourth-order valence-corrected chi connectivity index (χ4v) is 5.63. The van der Waals surface area contributed by atoms with E-state index < -0.39 is 17.5 Å². The third-order valence-corrected chi connectivity index (χ3v) is 7.54. The van der Waals surface area contributed by atoms with E-state index in [1.165, 1.54) is 11.3 Å². The fourth-order valence-electron chi connectivity index (χ4n) is 4.62. The van der Waals surface area contributed by atoms with E-state index >= 15 is 0 Å². The molecule has 7 nitrogen and oxygen atoms in total. The lowest BCUT2D eigenvalue weighted by Gasteiger charge is -2.19. The zero-order chi connectivity index (χ0) is 23.9. The van der Waals surface area contributed by atoms with E-state index in [4.69, 9.17) is 4.98 Å². The van der Waals surface area contributed by atoms with Crippen LogP contribution in [-0.2, 0) is 9.59 Å². The standard InChI is InChI=1S/C26H26N4O3S/c1-16-5-9-18(10-6-16)21-22(19-11-7-17(2)8-12-19)34-24(28-21)27-20(31)15-30-23(32)26(29-25(30)33)13-3-4-14-26/h5-12H,3-4,13-15H2,1-2H3,(H,29,33)(H,27,28,31). The van der Waals surface area contributed by atoms with Gasteiger partial charge in [0.1, 0.15) is 12.1 Å². The lowest BCUT2D eigenvalue weighted by Crippen LogP contribution is -2.44. The Balaban J connectivity index is 1.39. The molecule has 174 valence electrons. The minimum absolute atomic E-state index is 0.301. The Kier molecular flexibility index (Phi) is 5.69. The Bertz CT molecular complexity index is 1200. The molecule has 4 amide bonds. The van der Waals surface area contributed by atoms with Gasteiger partial charge in [0.05, 0.1) is 10.6 Å². The summed E-state index contributed by atoms with van der Waals surface area (Å²) in [7, 11) is 0. The van der Waals surface area contributed by atoms with Gasteiger partial charge < -0.3 is 10.6 Å². The Hall–Kier alpha value is -3.52. The van der Waals surface area contributed by atoms with Crippen LogP contribution < -0.4 is 10.6 Å². The van der Waals surface area contributed by atoms with Crippen molar-refractivity contribution in [1.82, 2.24) is 15.2 Å². The van der Waals surface area contributed by atoms with Crippen LogP contribution in [0.3, 0.4) is 0 Å². The number of thiazole rings is 1. The van der Waals surface area contributed by atoms with Crippen molar-refractivity contribution < 1.29 is 14.4 Å². The molecule has 0 radical (unpaired) electrons. The molecule has 2 heterocycles. The number of nitrogens with one attached hydrogen (secondary N) is 2. The molecule has 2 N–H and O–H groups in total. The van der Waals surface area contributed by atoms with Gasteiger partial charge in [-0.2, -0.15) is 0 Å². The number of anilines is 1. The van der Waals surface area contributed by atoms with Crippen molar-refractivity contribution in [3.63, 3.8) is 0 Å². The summed E-state index contributed by atoms with van der Waals surface area (Å²) in [5.74, 6) is -0.747. The molecule has 0 bridgehead atoms. The lowest BCUT2D eigenvalue weighted by molar-refractivity contribution is -0.133. The van der Waals surface area contributed by atoms with Gasteiger partial charge >= 0.3 is 6.03 Å². The number of imide groups is 1. The summed E-state index contributed by atoms with van der Waals surface area (Å²) in [6.45, 7) is 3.74. The largest absolute Gasteiger partial charge is 0.325 e. The minimum Gasteiger partial charge on any atom is -0.323 e. The molecular weight excluding hydrogens is 448 g/mol. The van der Waals surface area contributed by atoms with Crippen LogP contribution in [0.25, 0.3) is 21.7 Å². The number of carbonyl (C=O) groups excluding carboxylic acids is 3. The second-order valence-corrected chi connectivity index (χ2v) is 10.1. The normalized spacial score (nSPS) is 16.8. The van der Waals surface area contributed by atoms with Gasteiger partial charge in [0.15, 0.2) is 5.13 Å². The summed E-state index contributed by atoms with van der Waals surface area (Å²) >= 11 is 1.38. The van der Waals surface area contributed by atoms with Gasteiger partial charge in [0.25, 0.3) is 5.91 Å². The fraction of sp³-hybridized carbons (Fsp3) is 0.308. The summed E-state index contributed by atoms with van der Waals surface area (Å²) in [5.41, 5.74) is 4.23. The van der Waals surface area contributed by atoms with Gasteiger partial charge in [-0.05, 0) is 32.3 Å². The Labute approximate surface area is 202 Å². The van der Waals surface area contributed by atoms with E-state index in [0.29, 0.717) is 18.0 Å². The molecule has 1 aromatic heterocycles. The summed E-state index contributed by atoms with van der Waals surface area (Å²) in [6.07, 6.45) is 3.05. The molecule has 8 heteroatoms. The lowest BCUT2D eigenvalue weighted by atomic mass is 9.98. The number of aromatic nitrogens is 1. The van der Waals surface area contributed by atoms with Gasteiger partial charge in [0.2, 0.25) is 5.91 Å². The highest BCUT2D eigenvalue weighted by atomic mass is 32.1. The maximum absolute atomic E-state index is 12.9. The van der Waals surface area contributed by atoms with Crippen molar-refractivity contribution in [2.75, 3.05) is 11.9 Å². The Morgan fingerprint density at radius 3 is 2.21 bits per heavy atom. The first-order valence-electron chi connectivity index (χ1n) is 11.4. The predicted molar refractivity (Wildman–Crippen MR) is 133 cm³/mol. The van der Waals surface area contributed by atoms with E-state index in [1.54, 1.807) is 0 Å². The second kappa shape index (κ2) is 8.68. The van der Waals surface area contributed by atoms with Crippen LogP contribution in [0.2, 0.25) is 0 Å². The van der Waals surface area contributed by atoms with Crippen molar-refractivity contribution in [1.29, 1.82) is 0 Å². The van der Waals surface area contributed by atoms with Crippen LogP contribution in [0.15, 0.2) is 48.5 Å². The molecule has 1 aliphatic heterocycles. The number of rotatable bonds is 5. The summed E-state index contributed by atoms with van der Waals surface area (Å²) in [4.78, 5) is 44.8. The SMILES string of the molecule is Cc1ccc(-c2nc(NC(=O)CN3C(=O)NC4(CCCC4)C3=O)sc2-c2ccc(C)cc2)cc1. The molecule has 1 spiro atoms. The molecule has 2 fully saturated rings. The third kappa shape index (κ3) is 4.09. The quantitative estimate of drug-likeness (QED) is 0.515. The Morgan fingerprint density at radius 1 is 1.00 bits per heavy atom. The maximum Gasteiger partial charge on any atom is 0.325 e. The average molecular weight is 475 g/mol. The molecule has 5 rings (SSSR count). The summed E-state index contributed by atoms with van der Waals surface area (Å²) < 4.78 is 0. The molecule has 0 unspecified atom stereocenters. The summed E-state index contributed by atoms with van der Waals surface area (Å²) in [5, 5.41) is 6.04. The summed E-state index contributed by atoms with van der Waals surface area (Å²) in [6, 6.07) is 15.8. The molecule has 2 aromatic carbocycles. The molecule has 2 aliphatic rings. The van der Waals surface area contributed by atoms with E-state index in [2.05, 4.69) is 10.6 Å². The van der Waals surface area contributed by atoms with E-state index in [1.807, 2.05) is 62.4 Å². The van der Waals surface area contributed by atoms with Crippen LogP contribution in [0, 0.1) is 13.8 Å². The maximum atomic E-state index is 12.9. The van der Waals surface area contributed by atoms with Crippen LogP contribution in [0.4, 0.5) is 9.93 Å². The first kappa shape index (κ1) is 22.3. The number of urea groups is 1. The molecule has 1 aliphatic carbocycles. The third-order valence-electron chi connectivity index (χ3n) is 6.52. The zero-order valence-corrected chi connectivity index (χ0v) is 20.0. The van der Waals surface area contributed by atoms with Crippen LogP contribution in [-0.4, -0.2) is 39.8 Å². The number of hydrogen-bond acceptors (Lipinski definition) is 5. The van der Waals surface area contributed by atoms with Gasteiger partial charge in [-0.3, -0.25) is 14.5 Å². The molecule has 1 saturated heterocycles. The molecule has 34 heavy (non-hydrogen) atoms. The van der Waals surface area contributed by atoms with Crippen molar-refractivity contribution in [3.8, 4) is 21.7 Å². The minimum atomic E-state index is -0.824. The zero-order valence-electron chi connectivity index (χ0n) is 19.2. The van der Waals surface area contributed by atoms with Crippen molar-refractivity contribution in [2.45, 2.75) is 45.1 Å². The number of aryl methyl sites for hydroxylation is 2. The van der Waals surface area contributed by atoms with Crippen LogP contribution in [0.1, 0.15) is 36.8 Å². The number of nitrogens with zero attached hydrogens (tertiary/aromatic N) is 2. The average Bonchev–Trinajstić information content (AvgIpc) is 3.51. The van der Waals surface area contributed by atoms with Gasteiger partial charge in [-0.1, -0.05) is 83.8 Å². The van der Waals surface area contributed by atoms with Crippen LogP contribution in [0.5, 0.6) is 0 Å². The molecular formula is C26H26N4O3S. The van der Waals surface area contributed by atoms with Gasteiger partial charge in [-0.25, -0.2) is 9.78 Å². The van der Waals surface area contributed by atoms with Crippen molar-refractivity contribution in [2.24, 2.45) is 0 Å². The molecule has 1 saturated carbocycles. The topological polar surface area (TPSA) is 91.4 Å². The first-order chi connectivity index (χ1) is 16.3. The van der Waals surface area contributed by atoms with Crippen molar-refractivity contribution >= 4 is 34.3 Å². The smallest absolute Gasteiger partial charge is 0.323 e. The predicted octanol–water partition coefficient (Wildman–Crippen LogP) is 4.90. The van der Waals surface area contributed by atoms with Gasteiger partial charge in [0, 0.05) is 5.56 Å². The number of carbonyl (C=O) groups is 3. The first-order valence-corrected chi connectivity index (χ1v) is 12.3. The highest BCUT2D eigenvalue weighted by Gasteiger charge is 2.52. The Morgan fingerprint density at radius 2 is 1.59 bits per heavy atom. The monoisotopic (exact) mass is 474 g/mol. The highest BCUT2D eigenvalue weighted by molar-refractivity contribution is 7.19. The van der Waals surface area contributed by atoms with E-state index in [0.717, 1.165) is 50.6 Å².